The van der Waals surface area contributed by atoms with Crippen LogP contribution in [0.1, 0.15) is 37.9 Å². The van der Waals surface area contributed by atoms with Crippen LogP contribution in [0, 0.1) is 5.92 Å². The van der Waals surface area contributed by atoms with E-state index in [0.29, 0.717) is 18.1 Å². The molecule has 1 aromatic rings. The fourth-order valence-electron chi connectivity index (χ4n) is 4.29. The van der Waals surface area contributed by atoms with Crippen LogP contribution in [-0.4, -0.2) is 56.1 Å². The first-order valence-corrected chi connectivity index (χ1v) is 9.46. The highest BCUT2D eigenvalue weighted by Crippen LogP contribution is 2.32. The van der Waals surface area contributed by atoms with Gasteiger partial charge in [-0.05, 0) is 50.2 Å². The van der Waals surface area contributed by atoms with E-state index in [9.17, 15) is 0 Å². The molecular formula is C19H29NO4. The van der Waals surface area contributed by atoms with Crippen LogP contribution in [0.15, 0.2) is 22.8 Å². The van der Waals surface area contributed by atoms with Crippen molar-refractivity contribution in [3.63, 3.8) is 0 Å². The molecule has 3 saturated heterocycles. The molecule has 3 aliphatic heterocycles. The van der Waals surface area contributed by atoms with Gasteiger partial charge in [-0.3, -0.25) is 4.90 Å². The minimum Gasteiger partial charge on any atom is -0.468 e. The summed E-state index contributed by atoms with van der Waals surface area (Å²) in [6.07, 6.45) is 8.10. The molecule has 0 amide bonds. The van der Waals surface area contributed by atoms with Crippen LogP contribution in [0.2, 0.25) is 0 Å². The minimum absolute atomic E-state index is 0.273. The third-order valence-corrected chi connectivity index (χ3v) is 5.69. The molecule has 3 aliphatic rings. The highest BCUT2D eigenvalue weighted by molar-refractivity contribution is 5.01. The monoisotopic (exact) mass is 335 g/mol. The summed E-state index contributed by atoms with van der Waals surface area (Å²) in [6.45, 7) is 5.40. The molecular weight excluding hydrogens is 306 g/mol. The summed E-state index contributed by atoms with van der Waals surface area (Å²) in [7, 11) is 0. The molecule has 4 rings (SSSR count). The third kappa shape index (κ3) is 4.02. The number of likely N-dealkylation sites (tertiary alicyclic amines) is 1. The lowest BCUT2D eigenvalue weighted by atomic mass is 9.99. The van der Waals surface area contributed by atoms with Gasteiger partial charge >= 0.3 is 0 Å². The first kappa shape index (κ1) is 16.6. The van der Waals surface area contributed by atoms with Crippen LogP contribution in [0.25, 0.3) is 0 Å². The van der Waals surface area contributed by atoms with Gasteiger partial charge in [0, 0.05) is 32.4 Å². The van der Waals surface area contributed by atoms with Crippen LogP contribution >= 0.6 is 0 Å². The van der Waals surface area contributed by atoms with Crippen molar-refractivity contribution in [3.8, 4) is 0 Å². The first-order chi connectivity index (χ1) is 11.9. The lowest BCUT2D eigenvalue weighted by Gasteiger charge is -2.36. The Labute approximate surface area is 144 Å². The van der Waals surface area contributed by atoms with Crippen LogP contribution in [-0.2, 0) is 20.8 Å². The van der Waals surface area contributed by atoms with Gasteiger partial charge in [0.05, 0.1) is 31.6 Å². The van der Waals surface area contributed by atoms with Gasteiger partial charge in [0.25, 0.3) is 0 Å². The van der Waals surface area contributed by atoms with Crippen molar-refractivity contribution in [2.45, 2.75) is 56.9 Å². The molecule has 0 N–H and O–H groups in total. The van der Waals surface area contributed by atoms with Crippen LogP contribution in [0.4, 0.5) is 0 Å². The Bertz CT molecular complexity index is 486. The molecule has 134 valence electrons. The molecule has 0 spiro atoms. The Kier molecular flexibility index (Phi) is 5.53. The van der Waals surface area contributed by atoms with E-state index in [1.54, 1.807) is 6.26 Å². The summed E-state index contributed by atoms with van der Waals surface area (Å²) < 4.78 is 23.2. The zero-order chi connectivity index (χ0) is 16.2. The average Bonchev–Trinajstić information content (AvgIpc) is 3.26. The first-order valence-electron chi connectivity index (χ1n) is 9.46. The molecule has 3 fully saturated rings. The van der Waals surface area contributed by atoms with Crippen molar-refractivity contribution in [3.05, 3.63) is 24.2 Å². The van der Waals surface area contributed by atoms with Crippen molar-refractivity contribution in [1.29, 1.82) is 0 Å². The van der Waals surface area contributed by atoms with Gasteiger partial charge < -0.3 is 18.6 Å². The summed E-state index contributed by atoms with van der Waals surface area (Å²) in [5, 5.41) is 0. The maximum atomic E-state index is 6.33. The van der Waals surface area contributed by atoms with E-state index in [-0.39, 0.29) is 6.10 Å². The van der Waals surface area contributed by atoms with E-state index in [0.717, 1.165) is 71.0 Å². The quantitative estimate of drug-likeness (QED) is 0.800. The molecule has 1 aromatic heterocycles. The lowest BCUT2D eigenvalue weighted by Crippen LogP contribution is -2.43. The fourth-order valence-corrected chi connectivity index (χ4v) is 4.29. The number of ether oxygens (including phenoxy) is 3. The maximum Gasteiger partial charge on any atom is 0.117 e. The highest BCUT2D eigenvalue weighted by atomic mass is 16.5. The highest BCUT2D eigenvalue weighted by Gasteiger charge is 2.40. The second-order valence-electron chi connectivity index (χ2n) is 7.37. The second kappa shape index (κ2) is 8.00. The van der Waals surface area contributed by atoms with E-state index in [1.807, 2.05) is 6.07 Å². The smallest absolute Gasteiger partial charge is 0.117 e. The van der Waals surface area contributed by atoms with E-state index in [2.05, 4.69) is 11.0 Å². The largest absolute Gasteiger partial charge is 0.468 e. The molecule has 0 aromatic carbocycles. The van der Waals surface area contributed by atoms with Crippen LogP contribution in [0.5, 0.6) is 0 Å². The van der Waals surface area contributed by atoms with Crippen molar-refractivity contribution in [2.24, 2.45) is 5.92 Å². The van der Waals surface area contributed by atoms with Crippen molar-refractivity contribution >= 4 is 0 Å². The van der Waals surface area contributed by atoms with Crippen molar-refractivity contribution in [2.75, 3.05) is 33.0 Å². The van der Waals surface area contributed by atoms with E-state index < -0.39 is 0 Å². The van der Waals surface area contributed by atoms with Crippen LogP contribution in [0.3, 0.4) is 0 Å². The molecule has 24 heavy (non-hydrogen) atoms. The topological polar surface area (TPSA) is 44.1 Å². The summed E-state index contributed by atoms with van der Waals surface area (Å²) in [5.74, 6) is 1.72. The van der Waals surface area contributed by atoms with Gasteiger partial charge in [-0.1, -0.05) is 0 Å². The molecule has 4 heterocycles. The van der Waals surface area contributed by atoms with E-state index in [1.165, 1.54) is 6.42 Å². The molecule has 5 heteroatoms. The van der Waals surface area contributed by atoms with Gasteiger partial charge in [-0.15, -0.1) is 0 Å². The maximum absolute atomic E-state index is 6.33. The van der Waals surface area contributed by atoms with Crippen molar-refractivity contribution < 1.29 is 18.6 Å². The molecule has 0 bridgehead atoms. The summed E-state index contributed by atoms with van der Waals surface area (Å²) in [4.78, 5) is 2.52. The Hall–Kier alpha value is -0.880. The molecule has 0 radical (unpaired) electrons. The number of hydrogen-bond acceptors (Lipinski definition) is 5. The Balaban J connectivity index is 1.19. The van der Waals surface area contributed by atoms with Crippen LogP contribution < -0.4 is 0 Å². The number of fused-ring (bicyclic) bond motifs is 1. The Morgan fingerprint density at radius 2 is 2.00 bits per heavy atom. The average molecular weight is 335 g/mol. The summed E-state index contributed by atoms with van der Waals surface area (Å²) in [5.41, 5.74) is 0. The number of hydrogen-bond donors (Lipinski definition) is 0. The predicted molar refractivity (Wildman–Crippen MR) is 89.8 cm³/mol. The van der Waals surface area contributed by atoms with Gasteiger partial charge in [-0.25, -0.2) is 0 Å². The summed E-state index contributed by atoms with van der Waals surface area (Å²) in [6, 6.07) is 4.57. The van der Waals surface area contributed by atoms with Gasteiger partial charge in [0.2, 0.25) is 0 Å². The third-order valence-electron chi connectivity index (χ3n) is 5.69. The normalized spacial score (nSPS) is 32.1. The standard InChI is InChI=1S/C19H29NO4/c1-2-16(23-9-1)12-20-8-5-19-18(20)4-3-17(24-19)14-22-13-15-6-10-21-11-7-15/h1-2,9,15,17-19H,3-8,10-14H2/t17-,18-,19-/m0/s1. The van der Waals surface area contributed by atoms with Gasteiger partial charge in [-0.2, -0.15) is 0 Å². The van der Waals surface area contributed by atoms with Gasteiger partial charge in [0.1, 0.15) is 5.76 Å². The molecule has 3 atom stereocenters. The molecule has 0 aliphatic carbocycles. The minimum atomic E-state index is 0.273. The number of rotatable bonds is 6. The zero-order valence-electron chi connectivity index (χ0n) is 14.4. The Morgan fingerprint density at radius 3 is 2.83 bits per heavy atom. The van der Waals surface area contributed by atoms with Crippen molar-refractivity contribution in [1.82, 2.24) is 4.90 Å². The van der Waals surface area contributed by atoms with E-state index in [4.69, 9.17) is 18.6 Å². The fraction of sp³-hybridized carbons (Fsp3) is 0.789. The summed E-state index contributed by atoms with van der Waals surface area (Å²) >= 11 is 0. The number of furan rings is 1. The zero-order valence-corrected chi connectivity index (χ0v) is 14.4. The molecule has 0 saturated carbocycles. The SMILES string of the molecule is c1coc(CN2CC[C@@H]3O[C@H](COCC4CCOCC4)CC[C@@H]32)c1. The second-order valence-corrected chi connectivity index (χ2v) is 7.37. The molecule has 0 unspecified atom stereocenters. The lowest BCUT2D eigenvalue weighted by molar-refractivity contribution is -0.105. The Morgan fingerprint density at radius 1 is 1.08 bits per heavy atom. The predicted octanol–water partition coefficient (Wildman–Crippen LogP) is 2.84. The van der Waals surface area contributed by atoms with E-state index >= 15 is 0 Å². The van der Waals surface area contributed by atoms with Gasteiger partial charge in [0.15, 0.2) is 0 Å². The number of nitrogens with zero attached hydrogens (tertiary/aromatic N) is 1. The molecule has 5 nitrogen and oxygen atoms in total.